The van der Waals surface area contributed by atoms with Gasteiger partial charge < -0.3 is 19.9 Å². The third kappa shape index (κ3) is 6.07. The van der Waals surface area contributed by atoms with E-state index in [0.29, 0.717) is 6.07 Å². The van der Waals surface area contributed by atoms with Crippen molar-refractivity contribution in [1.29, 1.82) is 0 Å². The first-order valence-corrected chi connectivity index (χ1v) is 6.78. The van der Waals surface area contributed by atoms with Gasteiger partial charge in [0.1, 0.15) is 18.0 Å². The number of carboxylic acid groups (broad SMARTS) is 1. The number of rotatable bonds is 6. The van der Waals surface area contributed by atoms with Crippen molar-refractivity contribution in [3.8, 4) is 5.75 Å². The van der Waals surface area contributed by atoms with Crippen molar-refractivity contribution in [2.24, 2.45) is 0 Å². The predicted octanol–water partition coefficient (Wildman–Crippen LogP) is 2.09. The van der Waals surface area contributed by atoms with E-state index in [0.717, 1.165) is 12.1 Å². The fourth-order valence-corrected chi connectivity index (χ4v) is 1.55. The summed E-state index contributed by atoms with van der Waals surface area (Å²) in [4.78, 5) is 32.7. The van der Waals surface area contributed by atoms with Gasteiger partial charge in [-0.05, 0) is 32.9 Å². The lowest BCUT2D eigenvalue weighted by Gasteiger charge is -2.22. The number of nitro benzene ring substituents is 1. The van der Waals surface area contributed by atoms with Crippen LogP contribution < -0.4 is 10.1 Å². The molecule has 1 aromatic rings. The van der Waals surface area contributed by atoms with E-state index in [4.69, 9.17) is 14.6 Å². The van der Waals surface area contributed by atoms with Crippen molar-refractivity contribution >= 4 is 17.7 Å². The SMILES string of the molecule is CC(C)(C)OC(=O)N[C@H](COc1ccc(F)cc1[N+](=O)[O-])C(=O)O. The van der Waals surface area contributed by atoms with E-state index in [1.54, 1.807) is 20.8 Å². The summed E-state index contributed by atoms with van der Waals surface area (Å²) in [5.41, 5.74) is -1.49. The molecule has 2 N–H and O–H groups in total. The van der Waals surface area contributed by atoms with Crippen LogP contribution in [0, 0.1) is 15.9 Å². The Morgan fingerprint density at radius 3 is 2.54 bits per heavy atom. The Balaban J connectivity index is 2.80. The molecule has 0 aromatic heterocycles. The molecule has 0 aliphatic heterocycles. The quantitative estimate of drug-likeness (QED) is 0.597. The van der Waals surface area contributed by atoms with E-state index in [-0.39, 0.29) is 5.75 Å². The van der Waals surface area contributed by atoms with Gasteiger partial charge in [-0.25, -0.2) is 14.0 Å². The number of nitro groups is 1. The minimum atomic E-state index is -1.51. The number of nitrogens with one attached hydrogen (secondary N) is 1. The number of nitrogens with zero attached hydrogens (tertiary/aromatic N) is 1. The molecular weight excluding hydrogens is 327 g/mol. The second kappa shape index (κ2) is 7.57. The van der Waals surface area contributed by atoms with Crippen LogP contribution in [0.25, 0.3) is 0 Å². The number of ether oxygens (including phenoxy) is 2. The number of halogens is 1. The first kappa shape index (κ1) is 19.1. The number of aliphatic carboxylic acids is 1. The van der Waals surface area contributed by atoms with E-state index in [2.05, 4.69) is 5.32 Å². The van der Waals surface area contributed by atoms with Gasteiger partial charge in [-0.15, -0.1) is 0 Å². The molecule has 0 aliphatic carbocycles. The molecule has 0 radical (unpaired) electrons. The van der Waals surface area contributed by atoms with Crippen molar-refractivity contribution < 1.29 is 33.5 Å². The van der Waals surface area contributed by atoms with Gasteiger partial charge in [-0.2, -0.15) is 0 Å². The molecule has 24 heavy (non-hydrogen) atoms. The molecule has 10 heteroatoms. The fraction of sp³-hybridized carbons (Fsp3) is 0.429. The zero-order valence-electron chi connectivity index (χ0n) is 13.2. The summed E-state index contributed by atoms with van der Waals surface area (Å²) in [7, 11) is 0. The first-order valence-electron chi connectivity index (χ1n) is 6.78. The number of carboxylic acids is 1. The molecule has 0 unspecified atom stereocenters. The number of alkyl carbamates (subject to hydrolysis) is 1. The van der Waals surface area contributed by atoms with Crippen LogP contribution in [0.2, 0.25) is 0 Å². The molecule has 132 valence electrons. The van der Waals surface area contributed by atoms with Crippen molar-refractivity contribution in [1.82, 2.24) is 5.32 Å². The molecule has 0 saturated heterocycles. The summed E-state index contributed by atoms with van der Waals surface area (Å²) < 4.78 is 23.0. The van der Waals surface area contributed by atoms with Crippen molar-refractivity contribution in [2.75, 3.05) is 6.61 Å². The molecule has 0 bridgehead atoms. The molecule has 0 heterocycles. The predicted molar refractivity (Wildman–Crippen MR) is 79.3 cm³/mol. The summed E-state index contributed by atoms with van der Waals surface area (Å²) in [6.07, 6.45) is -0.980. The highest BCUT2D eigenvalue weighted by Crippen LogP contribution is 2.27. The van der Waals surface area contributed by atoms with Crippen LogP contribution in [0.15, 0.2) is 18.2 Å². The van der Waals surface area contributed by atoms with Crippen LogP contribution in [-0.4, -0.2) is 40.3 Å². The first-order chi connectivity index (χ1) is 11.0. The number of carbonyl (C=O) groups is 2. The largest absolute Gasteiger partial charge is 0.484 e. The van der Waals surface area contributed by atoms with E-state index in [1.165, 1.54) is 0 Å². The highest BCUT2D eigenvalue weighted by molar-refractivity contribution is 5.80. The van der Waals surface area contributed by atoms with Gasteiger partial charge in [-0.1, -0.05) is 0 Å². The third-order valence-electron chi connectivity index (χ3n) is 2.51. The minimum absolute atomic E-state index is 0.321. The smallest absolute Gasteiger partial charge is 0.408 e. The number of benzene rings is 1. The Labute approximate surface area is 136 Å². The third-order valence-corrected chi connectivity index (χ3v) is 2.51. The zero-order chi connectivity index (χ0) is 18.5. The Bertz CT molecular complexity index is 643. The van der Waals surface area contributed by atoms with Crippen LogP contribution in [0.5, 0.6) is 5.75 Å². The number of hydrogen-bond acceptors (Lipinski definition) is 6. The van der Waals surface area contributed by atoms with Gasteiger partial charge in [0, 0.05) is 0 Å². The van der Waals surface area contributed by atoms with Crippen molar-refractivity contribution in [2.45, 2.75) is 32.4 Å². The van der Waals surface area contributed by atoms with Crippen molar-refractivity contribution in [3.63, 3.8) is 0 Å². The monoisotopic (exact) mass is 344 g/mol. The second-order valence-corrected chi connectivity index (χ2v) is 5.72. The maximum absolute atomic E-state index is 13.0. The molecule has 1 rings (SSSR count). The van der Waals surface area contributed by atoms with E-state index in [9.17, 15) is 24.1 Å². The lowest BCUT2D eigenvalue weighted by atomic mass is 10.2. The summed E-state index contributed by atoms with van der Waals surface area (Å²) in [5.74, 6) is -2.58. The van der Waals surface area contributed by atoms with Crippen LogP contribution in [0.1, 0.15) is 20.8 Å². The average molecular weight is 344 g/mol. The lowest BCUT2D eigenvalue weighted by molar-refractivity contribution is -0.386. The highest BCUT2D eigenvalue weighted by atomic mass is 19.1. The van der Waals surface area contributed by atoms with Crippen LogP contribution >= 0.6 is 0 Å². The van der Waals surface area contributed by atoms with Gasteiger partial charge in [0.05, 0.1) is 11.0 Å². The van der Waals surface area contributed by atoms with Gasteiger partial charge in [0.25, 0.3) is 0 Å². The summed E-state index contributed by atoms with van der Waals surface area (Å²) >= 11 is 0. The Hall–Kier alpha value is -2.91. The van der Waals surface area contributed by atoms with Gasteiger partial charge in [0.15, 0.2) is 11.8 Å². The number of carbonyl (C=O) groups excluding carboxylic acids is 1. The molecule has 0 fully saturated rings. The lowest BCUT2D eigenvalue weighted by Crippen LogP contribution is -2.46. The Morgan fingerprint density at radius 2 is 2.04 bits per heavy atom. The summed E-state index contributed by atoms with van der Waals surface area (Å²) in [6.45, 7) is 4.18. The molecule has 0 saturated carbocycles. The standard InChI is InChI=1S/C14H17FN2O7/c1-14(2,3)24-13(20)16-9(12(18)19)7-23-11-5-4-8(15)6-10(11)17(21)22/h4-6,9H,7H2,1-3H3,(H,16,20)(H,18,19)/t9-/m1/s1. The van der Waals surface area contributed by atoms with Gasteiger partial charge >= 0.3 is 17.7 Å². The molecule has 1 atom stereocenters. The van der Waals surface area contributed by atoms with E-state index in [1.807, 2.05) is 0 Å². The van der Waals surface area contributed by atoms with Crippen LogP contribution in [0.4, 0.5) is 14.9 Å². The average Bonchev–Trinajstić information content (AvgIpc) is 2.41. The van der Waals surface area contributed by atoms with Crippen LogP contribution in [0.3, 0.4) is 0 Å². The van der Waals surface area contributed by atoms with Gasteiger partial charge in [0.2, 0.25) is 0 Å². The molecule has 0 spiro atoms. The molecule has 1 aromatic carbocycles. The topological polar surface area (TPSA) is 128 Å². The normalized spacial score (nSPS) is 12.2. The van der Waals surface area contributed by atoms with E-state index < -0.39 is 46.7 Å². The Kier molecular flexibility index (Phi) is 6.04. The zero-order valence-corrected chi connectivity index (χ0v) is 13.2. The Morgan fingerprint density at radius 1 is 1.42 bits per heavy atom. The molecule has 9 nitrogen and oxygen atoms in total. The molecular formula is C14H17FN2O7. The second-order valence-electron chi connectivity index (χ2n) is 5.72. The maximum atomic E-state index is 13.0. The minimum Gasteiger partial charge on any atom is -0.484 e. The maximum Gasteiger partial charge on any atom is 0.408 e. The highest BCUT2D eigenvalue weighted by Gasteiger charge is 2.26. The molecule has 0 aliphatic rings. The summed E-state index contributed by atoms with van der Waals surface area (Å²) in [6, 6.07) is 1.07. The summed E-state index contributed by atoms with van der Waals surface area (Å²) in [5, 5.41) is 22.0. The van der Waals surface area contributed by atoms with E-state index >= 15 is 0 Å². The molecule has 1 amide bonds. The number of amides is 1. The fourth-order valence-electron chi connectivity index (χ4n) is 1.55. The van der Waals surface area contributed by atoms with Gasteiger partial charge in [-0.3, -0.25) is 10.1 Å². The number of hydrogen-bond donors (Lipinski definition) is 2. The van der Waals surface area contributed by atoms with Crippen LogP contribution in [-0.2, 0) is 9.53 Å². The van der Waals surface area contributed by atoms with Crippen molar-refractivity contribution in [3.05, 3.63) is 34.1 Å².